The van der Waals surface area contributed by atoms with Crippen LogP contribution in [0.5, 0.6) is 23.0 Å². The molecule has 8 nitrogen and oxygen atoms in total. The minimum atomic E-state index is -0.163. The Labute approximate surface area is 174 Å². The maximum atomic E-state index is 13.1. The number of carbonyl (C=O) groups is 2. The molecule has 2 aliphatic heterocycles. The number of methoxy groups -OCH3 is 2. The van der Waals surface area contributed by atoms with Crippen molar-refractivity contribution < 1.29 is 28.5 Å². The van der Waals surface area contributed by atoms with Crippen LogP contribution in [-0.4, -0.2) is 56.9 Å². The van der Waals surface area contributed by atoms with E-state index in [1.165, 1.54) is 14.2 Å². The standard InChI is InChI=1S/C22H24N2O6/c1-27-17-4-3-5-18(28-2)20(17)22(26)24-10-8-15(9-11-24)23-21(25)14-6-7-16-19(12-14)30-13-29-16/h3-7,12,15H,8-11,13H2,1-2H3,(H,23,25). The van der Waals surface area contributed by atoms with Crippen molar-refractivity contribution in [1.82, 2.24) is 10.2 Å². The second-order valence-electron chi connectivity index (χ2n) is 7.15. The van der Waals surface area contributed by atoms with Crippen molar-refractivity contribution in [1.29, 1.82) is 0 Å². The molecular formula is C22H24N2O6. The second kappa shape index (κ2) is 8.52. The first-order valence-corrected chi connectivity index (χ1v) is 9.81. The molecule has 2 aromatic carbocycles. The van der Waals surface area contributed by atoms with Gasteiger partial charge in [0, 0.05) is 24.7 Å². The van der Waals surface area contributed by atoms with Gasteiger partial charge in [-0.1, -0.05) is 6.07 Å². The zero-order valence-corrected chi connectivity index (χ0v) is 17.0. The van der Waals surface area contributed by atoms with Crippen LogP contribution in [0.25, 0.3) is 0 Å². The number of piperidine rings is 1. The summed E-state index contributed by atoms with van der Waals surface area (Å²) >= 11 is 0. The maximum absolute atomic E-state index is 13.1. The van der Waals surface area contributed by atoms with Crippen LogP contribution in [0.4, 0.5) is 0 Å². The largest absolute Gasteiger partial charge is 0.496 e. The van der Waals surface area contributed by atoms with E-state index in [0.29, 0.717) is 60.1 Å². The van der Waals surface area contributed by atoms with Crippen LogP contribution in [0.1, 0.15) is 33.6 Å². The number of ether oxygens (including phenoxy) is 4. The molecule has 0 radical (unpaired) electrons. The Kier molecular flexibility index (Phi) is 5.65. The molecule has 0 spiro atoms. The molecule has 0 aliphatic carbocycles. The summed E-state index contributed by atoms with van der Waals surface area (Å²) in [5.41, 5.74) is 0.946. The molecule has 2 amide bonds. The van der Waals surface area contributed by atoms with Crippen LogP contribution >= 0.6 is 0 Å². The number of amides is 2. The fourth-order valence-electron chi connectivity index (χ4n) is 3.75. The quantitative estimate of drug-likeness (QED) is 0.812. The molecule has 1 saturated heterocycles. The number of fused-ring (bicyclic) bond motifs is 1. The molecule has 0 atom stereocenters. The Morgan fingerprint density at radius 3 is 2.33 bits per heavy atom. The van der Waals surface area contributed by atoms with Crippen LogP contribution in [-0.2, 0) is 0 Å². The smallest absolute Gasteiger partial charge is 0.261 e. The fourth-order valence-corrected chi connectivity index (χ4v) is 3.75. The third-order valence-electron chi connectivity index (χ3n) is 5.39. The molecule has 2 heterocycles. The lowest BCUT2D eigenvalue weighted by Crippen LogP contribution is -2.46. The van der Waals surface area contributed by atoms with Crippen molar-refractivity contribution in [2.24, 2.45) is 0 Å². The molecular weight excluding hydrogens is 388 g/mol. The van der Waals surface area contributed by atoms with Crippen LogP contribution < -0.4 is 24.3 Å². The normalized spacial score (nSPS) is 15.6. The van der Waals surface area contributed by atoms with Gasteiger partial charge in [-0.25, -0.2) is 0 Å². The second-order valence-corrected chi connectivity index (χ2v) is 7.15. The third-order valence-corrected chi connectivity index (χ3v) is 5.39. The van der Waals surface area contributed by atoms with Gasteiger partial charge in [-0.3, -0.25) is 9.59 Å². The highest BCUT2D eigenvalue weighted by Gasteiger charge is 2.29. The predicted molar refractivity (Wildman–Crippen MR) is 109 cm³/mol. The zero-order valence-electron chi connectivity index (χ0n) is 17.0. The summed E-state index contributed by atoms with van der Waals surface area (Å²) in [5.74, 6) is 1.89. The van der Waals surface area contributed by atoms with E-state index in [0.717, 1.165) is 0 Å². The molecule has 158 valence electrons. The number of likely N-dealkylation sites (tertiary alicyclic amines) is 1. The van der Waals surface area contributed by atoms with E-state index >= 15 is 0 Å². The molecule has 8 heteroatoms. The Morgan fingerprint density at radius 1 is 1.00 bits per heavy atom. The first kappa shape index (κ1) is 19.9. The van der Waals surface area contributed by atoms with E-state index in [1.807, 2.05) is 0 Å². The molecule has 4 rings (SSSR count). The summed E-state index contributed by atoms with van der Waals surface area (Å²) in [6.45, 7) is 1.24. The number of rotatable bonds is 5. The molecule has 0 saturated carbocycles. The first-order valence-electron chi connectivity index (χ1n) is 9.81. The van der Waals surface area contributed by atoms with Crippen molar-refractivity contribution in [3.8, 4) is 23.0 Å². The van der Waals surface area contributed by atoms with Gasteiger partial charge < -0.3 is 29.2 Å². The van der Waals surface area contributed by atoms with E-state index in [1.54, 1.807) is 41.3 Å². The molecule has 30 heavy (non-hydrogen) atoms. The number of carbonyl (C=O) groups excluding carboxylic acids is 2. The summed E-state index contributed by atoms with van der Waals surface area (Å²) in [6, 6.07) is 10.4. The summed E-state index contributed by atoms with van der Waals surface area (Å²) in [5, 5.41) is 3.05. The van der Waals surface area contributed by atoms with Gasteiger partial charge in [0.2, 0.25) is 6.79 Å². The van der Waals surface area contributed by atoms with Crippen LogP contribution in [0, 0.1) is 0 Å². The molecule has 1 fully saturated rings. The average Bonchev–Trinajstić information content (AvgIpc) is 3.26. The van der Waals surface area contributed by atoms with Gasteiger partial charge in [-0.2, -0.15) is 0 Å². The van der Waals surface area contributed by atoms with Gasteiger partial charge in [0.05, 0.1) is 14.2 Å². The van der Waals surface area contributed by atoms with Gasteiger partial charge in [0.25, 0.3) is 11.8 Å². The third kappa shape index (κ3) is 3.85. The Bertz CT molecular complexity index is 930. The van der Waals surface area contributed by atoms with Crippen molar-refractivity contribution in [2.45, 2.75) is 18.9 Å². The molecule has 0 bridgehead atoms. The number of nitrogens with one attached hydrogen (secondary N) is 1. The van der Waals surface area contributed by atoms with Gasteiger partial charge in [-0.05, 0) is 43.2 Å². The highest BCUT2D eigenvalue weighted by molar-refractivity contribution is 6.00. The van der Waals surface area contributed by atoms with Crippen molar-refractivity contribution in [3.05, 3.63) is 47.5 Å². The van der Waals surface area contributed by atoms with Crippen molar-refractivity contribution in [2.75, 3.05) is 34.1 Å². The number of benzene rings is 2. The summed E-state index contributed by atoms with van der Waals surface area (Å²) in [4.78, 5) is 27.4. The highest BCUT2D eigenvalue weighted by Crippen LogP contribution is 2.33. The highest BCUT2D eigenvalue weighted by atomic mass is 16.7. The van der Waals surface area contributed by atoms with E-state index in [-0.39, 0.29) is 24.6 Å². The minimum Gasteiger partial charge on any atom is -0.496 e. The van der Waals surface area contributed by atoms with Gasteiger partial charge >= 0.3 is 0 Å². The first-order chi connectivity index (χ1) is 14.6. The monoisotopic (exact) mass is 412 g/mol. The number of hydrogen-bond acceptors (Lipinski definition) is 6. The fraction of sp³-hybridized carbons (Fsp3) is 0.364. The minimum absolute atomic E-state index is 0.00784. The van der Waals surface area contributed by atoms with Gasteiger partial charge in [0.15, 0.2) is 11.5 Å². The molecule has 1 N–H and O–H groups in total. The van der Waals surface area contributed by atoms with Gasteiger partial charge in [0.1, 0.15) is 17.1 Å². The van der Waals surface area contributed by atoms with Crippen molar-refractivity contribution >= 4 is 11.8 Å². The number of nitrogens with zero attached hydrogens (tertiary/aromatic N) is 1. The van der Waals surface area contributed by atoms with Crippen LogP contribution in [0.3, 0.4) is 0 Å². The Morgan fingerprint density at radius 2 is 1.67 bits per heavy atom. The Hall–Kier alpha value is -3.42. The summed E-state index contributed by atoms with van der Waals surface area (Å²) in [7, 11) is 3.06. The van der Waals surface area contributed by atoms with E-state index < -0.39 is 0 Å². The van der Waals surface area contributed by atoms with Crippen LogP contribution in [0.15, 0.2) is 36.4 Å². The molecule has 0 unspecified atom stereocenters. The lowest BCUT2D eigenvalue weighted by molar-refractivity contribution is 0.0691. The predicted octanol–water partition coefficient (Wildman–Crippen LogP) is 2.47. The topological polar surface area (TPSA) is 86.3 Å². The lowest BCUT2D eigenvalue weighted by Gasteiger charge is -2.33. The molecule has 2 aromatic rings. The number of hydrogen-bond donors (Lipinski definition) is 1. The van der Waals surface area contributed by atoms with Crippen LogP contribution in [0.2, 0.25) is 0 Å². The molecule has 0 aromatic heterocycles. The summed E-state index contributed by atoms with van der Waals surface area (Å²) in [6.07, 6.45) is 1.33. The van der Waals surface area contributed by atoms with E-state index in [9.17, 15) is 9.59 Å². The zero-order chi connectivity index (χ0) is 21.1. The van der Waals surface area contributed by atoms with E-state index in [2.05, 4.69) is 5.32 Å². The Balaban J connectivity index is 1.37. The van der Waals surface area contributed by atoms with Gasteiger partial charge in [-0.15, -0.1) is 0 Å². The molecule has 2 aliphatic rings. The average molecular weight is 412 g/mol. The maximum Gasteiger partial charge on any atom is 0.261 e. The summed E-state index contributed by atoms with van der Waals surface area (Å²) < 4.78 is 21.3. The lowest BCUT2D eigenvalue weighted by atomic mass is 10.0. The SMILES string of the molecule is COc1cccc(OC)c1C(=O)N1CCC(NC(=O)c2ccc3c(c2)OCO3)CC1. The van der Waals surface area contributed by atoms with Crippen molar-refractivity contribution in [3.63, 3.8) is 0 Å². The van der Waals surface area contributed by atoms with E-state index in [4.69, 9.17) is 18.9 Å².